The van der Waals surface area contributed by atoms with Gasteiger partial charge in [-0.05, 0) is 41.1 Å². The van der Waals surface area contributed by atoms with Crippen LogP contribution in [-0.2, 0) is 16.0 Å². The van der Waals surface area contributed by atoms with Crippen molar-refractivity contribution in [3.63, 3.8) is 0 Å². The molecule has 0 bridgehead atoms. The largest absolute Gasteiger partial charge is 0.475 e. The summed E-state index contributed by atoms with van der Waals surface area (Å²) in [6, 6.07) is 9.11. The minimum atomic E-state index is -1.58. The van der Waals surface area contributed by atoms with E-state index in [-0.39, 0.29) is 0 Å². The first-order valence-electron chi connectivity index (χ1n) is 6.17. The van der Waals surface area contributed by atoms with Crippen LogP contribution in [0.15, 0.2) is 35.7 Å². The second kappa shape index (κ2) is 6.32. The van der Waals surface area contributed by atoms with Crippen LogP contribution in [-0.4, -0.2) is 22.6 Å². The highest BCUT2D eigenvalue weighted by molar-refractivity contribution is 7.12. The van der Waals surface area contributed by atoms with Gasteiger partial charge < -0.3 is 10.8 Å². The number of carboxylic acid groups (broad SMARTS) is 1. The highest BCUT2D eigenvalue weighted by Gasteiger charge is 2.19. The average molecular weight is 303 g/mol. The lowest BCUT2D eigenvalue weighted by Gasteiger charge is -1.99. The summed E-state index contributed by atoms with van der Waals surface area (Å²) in [7, 11) is 0. The van der Waals surface area contributed by atoms with Gasteiger partial charge in [0.15, 0.2) is 5.78 Å². The Morgan fingerprint density at radius 3 is 2.38 bits per heavy atom. The summed E-state index contributed by atoms with van der Waals surface area (Å²) >= 11 is 1.21. The molecule has 0 saturated carbocycles. The predicted octanol–water partition coefficient (Wildman–Crippen LogP) is 2.15. The van der Waals surface area contributed by atoms with E-state index >= 15 is 0 Å². The predicted molar refractivity (Wildman–Crippen MR) is 79.6 cm³/mol. The number of ketones is 2. The third kappa shape index (κ3) is 4.00. The molecule has 5 nitrogen and oxygen atoms in total. The number of hydrogen-bond acceptors (Lipinski definition) is 5. The van der Waals surface area contributed by atoms with Gasteiger partial charge in [-0.3, -0.25) is 9.59 Å². The Hall–Kier alpha value is -2.47. The normalized spacial score (nSPS) is 10.3. The number of anilines is 1. The Bertz CT molecular complexity index is 688. The van der Waals surface area contributed by atoms with Crippen molar-refractivity contribution in [3.8, 4) is 0 Å². The molecule has 1 aromatic carbocycles. The van der Waals surface area contributed by atoms with Gasteiger partial charge >= 0.3 is 5.97 Å². The molecule has 0 aliphatic carbocycles. The van der Waals surface area contributed by atoms with E-state index in [1.165, 1.54) is 11.3 Å². The van der Waals surface area contributed by atoms with Crippen LogP contribution in [0, 0.1) is 0 Å². The topological polar surface area (TPSA) is 97.5 Å². The number of carbonyl (C=O) groups is 3. The van der Waals surface area contributed by atoms with Crippen molar-refractivity contribution in [3.05, 3.63) is 51.7 Å². The first kappa shape index (κ1) is 14.9. The fourth-order valence-electron chi connectivity index (χ4n) is 1.79. The molecule has 2 rings (SSSR count). The lowest BCUT2D eigenvalue weighted by Crippen LogP contribution is -2.16. The third-order valence-electron chi connectivity index (χ3n) is 2.88. The highest BCUT2D eigenvalue weighted by Crippen LogP contribution is 2.20. The van der Waals surface area contributed by atoms with Crippen LogP contribution in [0.4, 0.5) is 5.69 Å². The van der Waals surface area contributed by atoms with Gasteiger partial charge in [0.05, 0.1) is 11.3 Å². The van der Waals surface area contributed by atoms with Gasteiger partial charge in [0, 0.05) is 5.69 Å². The molecule has 21 heavy (non-hydrogen) atoms. The Kier molecular flexibility index (Phi) is 4.49. The van der Waals surface area contributed by atoms with Crippen LogP contribution in [0.1, 0.15) is 27.2 Å². The number of aliphatic carboxylic acids is 1. The van der Waals surface area contributed by atoms with Gasteiger partial charge in [0.25, 0.3) is 0 Å². The Balaban J connectivity index is 2.04. The molecule has 0 saturated heterocycles. The fourth-order valence-corrected chi connectivity index (χ4v) is 2.65. The Morgan fingerprint density at radius 2 is 1.76 bits per heavy atom. The molecule has 0 fully saturated rings. The summed E-state index contributed by atoms with van der Waals surface area (Å²) in [6.45, 7) is 0. The minimum Gasteiger partial charge on any atom is -0.475 e. The summed E-state index contributed by atoms with van der Waals surface area (Å²) in [5.41, 5.74) is 8.30. The summed E-state index contributed by atoms with van der Waals surface area (Å²) in [6.07, 6.45) is 0.0497. The van der Waals surface area contributed by atoms with E-state index in [1.807, 2.05) is 17.5 Å². The zero-order chi connectivity index (χ0) is 15.4. The molecule has 0 unspecified atom stereocenters. The maximum atomic E-state index is 11.8. The molecule has 2 aromatic rings. The molecule has 1 aromatic heterocycles. The minimum absolute atomic E-state index is 0.398. The molecular formula is C15H13NO4S. The lowest BCUT2D eigenvalue weighted by molar-refractivity contribution is -0.148. The van der Waals surface area contributed by atoms with E-state index in [0.29, 0.717) is 17.0 Å². The van der Waals surface area contributed by atoms with E-state index in [2.05, 4.69) is 0 Å². The van der Waals surface area contributed by atoms with Gasteiger partial charge in [-0.25, -0.2) is 4.79 Å². The molecule has 0 aliphatic rings. The standard InChI is InChI=1S/C15H13NO4S/c16-11-3-1-9(2-4-11)5-10-6-14(21-8-10)12(17)7-13(18)15(19)20/h1-4,6,8H,5,7,16H2,(H,19,20). The van der Waals surface area contributed by atoms with Crippen LogP contribution in [0.5, 0.6) is 0 Å². The van der Waals surface area contributed by atoms with Crippen LogP contribution in [0.2, 0.25) is 0 Å². The number of carbonyl (C=O) groups excluding carboxylic acids is 2. The van der Waals surface area contributed by atoms with Crippen LogP contribution < -0.4 is 5.73 Å². The number of benzene rings is 1. The number of rotatable bonds is 6. The number of hydrogen-bond donors (Lipinski definition) is 2. The molecule has 0 aliphatic heterocycles. The van der Waals surface area contributed by atoms with E-state index < -0.39 is 24.0 Å². The molecule has 0 atom stereocenters. The highest BCUT2D eigenvalue weighted by atomic mass is 32.1. The van der Waals surface area contributed by atoms with Gasteiger partial charge in [-0.2, -0.15) is 0 Å². The quantitative estimate of drug-likeness (QED) is 0.369. The van der Waals surface area contributed by atoms with Gasteiger partial charge in [0.1, 0.15) is 0 Å². The second-order valence-electron chi connectivity index (χ2n) is 4.57. The van der Waals surface area contributed by atoms with Crippen molar-refractivity contribution >= 4 is 34.6 Å². The summed E-state index contributed by atoms with van der Waals surface area (Å²) in [4.78, 5) is 33.6. The lowest BCUT2D eigenvalue weighted by atomic mass is 10.1. The van der Waals surface area contributed by atoms with E-state index in [4.69, 9.17) is 10.8 Å². The van der Waals surface area contributed by atoms with Crippen molar-refractivity contribution in [1.29, 1.82) is 0 Å². The van der Waals surface area contributed by atoms with Crippen molar-refractivity contribution in [2.24, 2.45) is 0 Å². The number of nitrogens with two attached hydrogens (primary N) is 1. The first-order chi connectivity index (χ1) is 9.95. The summed E-state index contributed by atoms with van der Waals surface area (Å²) in [5, 5.41) is 10.3. The molecule has 108 valence electrons. The summed E-state index contributed by atoms with van der Waals surface area (Å²) in [5.74, 6) is -3.13. The second-order valence-corrected chi connectivity index (χ2v) is 5.48. The fraction of sp³-hybridized carbons (Fsp3) is 0.133. The van der Waals surface area contributed by atoms with Crippen molar-refractivity contribution < 1.29 is 19.5 Å². The summed E-state index contributed by atoms with van der Waals surface area (Å²) < 4.78 is 0. The molecule has 6 heteroatoms. The number of nitrogen functional groups attached to an aromatic ring is 1. The van der Waals surface area contributed by atoms with Gasteiger partial charge in [-0.15, -0.1) is 11.3 Å². The molecule has 0 radical (unpaired) electrons. The molecular weight excluding hydrogens is 290 g/mol. The van der Waals surface area contributed by atoms with Crippen molar-refractivity contribution in [1.82, 2.24) is 0 Å². The monoisotopic (exact) mass is 303 g/mol. The van der Waals surface area contributed by atoms with Crippen molar-refractivity contribution in [2.75, 3.05) is 5.73 Å². The van der Waals surface area contributed by atoms with Crippen LogP contribution in [0.3, 0.4) is 0 Å². The SMILES string of the molecule is Nc1ccc(Cc2csc(C(=O)CC(=O)C(=O)O)c2)cc1. The maximum absolute atomic E-state index is 11.8. The van der Waals surface area contributed by atoms with Crippen LogP contribution in [0.25, 0.3) is 0 Å². The zero-order valence-corrected chi connectivity index (χ0v) is 11.9. The van der Waals surface area contributed by atoms with E-state index in [0.717, 1.165) is 11.1 Å². The maximum Gasteiger partial charge on any atom is 0.372 e. The number of thiophene rings is 1. The zero-order valence-electron chi connectivity index (χ0n) is 11.0. The van der Waals surface area contributed by atoms with Gasteiger partial charge in [-0.1, -0.05) is 12.1 Å². The molecule has 0 spiro atoms. The Labute approximate surface area is 125 Å². The molecule has 1 heterocycles. The molecule has 3 N–H and O–H groups in total. The van der Waals surface area contributed by atoms with Crippen molar-refractivity contribution in [2.45, 2.75) is 12.8 Å². The van der Waals surface area contributed by atoms with E-state index in [9.17, 15) is 14.4 Å². The van der Waals surface area contributed by atoms with Gasteiger partial charge in [0.2, 0.25) is 5.78 Å². The van der Waals surface area contributed by atoms with E-state index in [1.54, 1.807) is 18.2 Å². The third-order valence-corrected chi connectivity index (χ3v) is 3.90. The molecule has 0 amide bonds. The smallest absolute Gasteiger partial charge is 0.372 e. The Morgan fingerprint density at radius 1 is 1.10 bits per heavy atom. The first-order valence-corrected chi connectivity index (χ1v) is 7.05. The number of Topliss-reactive ketones (excluding diaryl/α,β-unsaturated/α-hetero) is 2. The van der Waals surface area contributed by atoms with Crippen LogP contribution >= 0.6 is 11.3 Å². The average Bonchev–Trinajstić information content (AvgIpc) is 2.90. The number of carboxylic acids is 1.